The van der Waals surface area contributed by atoms with Crippen molar-refractivity contribution in [2.24, 2.45) is 5.92 Å². The molecule has 3 heteroatoms. The fraction of sp³-hybridized carbons (Fsp3) is 0.261. The van der Waals surface area contributed by atoms with Crippen molar-refractivity contribution < 1.29 is 4.79 Å². The third-order valence-corrected chi connectivity index (χ3v) is 5.02. The fourth-order valence-corrected chi connectivity index (χ4v) is 3.32. The molecule has 0 aromatic heterocycles. The molecule has 1 amide bonds. The summed E-state index contributed by atoms with van der Waals surface area (Å²) >= 11 is 0. The molecular weight excluding hydrogens is 320 g/mol. The minimum absolute atomic E-state index is 0.0885. The van der Waals surface area contributed by atoms with Crippen LogP contribution in [0.1, 0.15) is 36.5 Å². The topological polar surface area (TPSA) is 52.9 Å². The lowest BCUT2D eigenvalue weighted by molar-refractivity contribution is -0.112. The van der Waals surface area contributed by atoms with Crippen LogP contribution < -0.4 is 5.32 Å². The summed E-state index contributed by atoms with van der Waals surface area (Å²) in [7, 11) is 0. The van der Waals surface area contributed by atoms with Crippen LogP contribution in [0.4, 0.5) is 5.69 Å². The van der Waals surface area contributed by atoms with Gasteiger partial charge in [0.25, 0.3) is 5.91 Å². The number of hydrogen-bond acceptors (Lipinski definition) is 1. The average Bonchev–Trinajstić information content (AvgIpc) is 2.69. The van der Waals surface area contributed by atoms with E-state index in [2.05, 4.69) is 30.4 Å². The zero-order valence-electron chi connectivity index (χ0n) is 15.4. The first kappa shape index (κ1) is 18.2. The van der Waals surface area contributed by atoms with E-state index in [-0.39, 0.29) is 12.5 Å². The van der Waals surface area contributed by atoms with E-state index in [0.29, 0.717) is 5.92 Å². The van der Waals surface area contributed by atoms with Gasteiger partial charge in [-0.05, 0) is 54.5 Å². The maximum Gasteiger partial charge on any atom is 0.255 e. The van der Waals surface area contributed by atoms with Gasteiger partial charge in [-0.2, -0.15) is 0 Å². The number of hydrogen-bond donors (Lipinski definition) is 1. The average molecular weight is 345 g/mol. The number of rotatable bonds is 5. The molecule has 0 fully saturated rings. The highest BCUT2D eigenvalue weighted by Gasteiger charge is 2.21. The van der Waals surface area contributed by atoms with Crippen molar-refractivity contribution >= 4 is 17.2 Å². The van der Waals surface area contributed by atoms with Gasteiger partial charge in [0.1, 0.15) is 0 Å². The minimum atomic E-state index is -0.0885. The summed E-state index contributed by atoms with van der Waals surface area (Å²) in [5, 5.41) is 3.01. The van der Waals surface area contributed by atoms with Crippen LogP contribution in [0.5, 0.6) is 0 Å². The van der Waals surface area contributed by atoms with Crippen molar-refractivity contribution in [1.82, 2.24) is 0 Å². The molecule has 0 radical (unpaired) electrons. The van der Waals surface area contributed by atoms with E-state index in [1.54, 1.807) is 0 Å². The Kier molecular flexibility index (Phi) is 5.69. The summed E-state index contributed by atoms with van der Waals surface area (Å²) in [6.45, 7) is 4.38. The lowest BCUT2D eigenvalue weighted by atomic mass is 9.84. The molecule has 134 valence electrons. The molecule has 0 bridgehead atoms. The van der Waals surface area contributed by atoms with Crippen molar-refractivity contribution in [3.63, 3.8) is 0 Å². The fourth-order valence-electron chi connectivity index (χ4n) is 3.32. The molecule has 2 aromatic rings. The molecule has 1 aliphatic rings. The second-order valence-electron chi connectivity index (χ2n) is 6.76. The van der Waals surface area contributed by atoms with E-state index >= 15 is 0 Å². The monoisotopic (exact) mass is 345 g/mol. The Hall–Kier alpha value is -2.65. The zero-order chi connectivity index (χ0) is 18.5. The summed E-state index contributed by atoms with van der Waals surface area (Å²) in [4.78, 5) is 13.0. The number of carbonyl (C=O) groups excluding carboxylic acids is 1. The van der Waals surface area contributed by atoms with E-state index in [1.165, 1.54) is 0 Å². The van der Waals surface area contributed by atoms with Crippen LogP contribution in [0.2, 0.25) is 0 Å². The smallest absolute Gasteiger partial charge is 0.255 e. The first-order chi connectivity index (χ1) is 12.6. The summed E-state index contributed by atoms with van der Waals surface area (Å²) in [6, 6.07) is 15.9. The third-order valence-electron chi connectivity index (χ3n) is 5.02. The van der Waals surface area contributed by atoms with Gasteiger partial charge in [0.05, 0.1) is 0 Å². The molecule has 1 atom stereocenters. The summed E-state index contributed by atoms with van der Waals surface area (Å²) in [5.41, 5.74) is 13.3. The molecule has 26 heavy (non-hydrogen) atoms. The zero-order valence-corrected chi connectivity index (χ0v) is 15.4. The highest BCUT2D eigenvalue weighted by molar-refractivity contribution is 6.11. The Balaban J connectivity index is 1.92. The standard InChI is InChI=1S/C23H25N2O/c1-3-17-10-12-21(22(13-17)18-7-5-4-6-8-18)23(26)25-20-11-9-16(2)19(14-20)15-24/h4-12,14,17,24H,3,13,15H2,1-2H3,(H,25,26)/q-1. The summed E-state index contributed by atoms with van der Waals surface area (Å²) < 4.78 is 0. The Morgan fingerprint density at radius 1 is 1.19 bits per heavy atom. The van der Waals surface area contributed by atoms with Gasteiger partial charge in [-0.3, -0.25) is 4.79 Å². The van der Waals surface area contributed by atoms with Crippen LogP contribution >= 0.6 is 0 Å². The molecule has 1 aliphatic carbocycles. The number of anilines is 1. The first-order valence-corrected chi connectivity index (χ1v) is 9.14. The lowest BCUT2D eigenvalue weighted by Crippen LogP contribution is -2.18. The van der Waals surface area contributed by atoms with E-state index < -0.39 is 0 Å². The first-order valence-electron chi connectivity index (χ1n) is 9.14. The highest BCUT2D eigenvalue weighted by Crippen LogP contribution is 2.33. The van der Waals surface area contributed by atoms with Crippen molar-refractivity contribution in [3.05, 3.63) is 88.7 Å². The van der Waals surface area contributed by atoms with Crippen LogP contribution in [0.25, 0.3) is 11.3 Å². The van der Waals surface area contributed by atoms with Crippen LogP contribution in [0.3, 0.4) is 0 Å². The number of benzene rings is 2. The maximum absolute atomic E-state index is 13.0. The predicted molar refractivity (Wildman–Crippen MR) is 109 cm³/mol. The Bertz CT molecular complexity index is 850. The molecule has 0 saturated heterocycles. The second-order valence-corrected chi connectivity index (χ2v) is 6.76. The lowest BCUT2D eigenvalue weighted by Gasteiger charge is -2.22. The molecule has 3 rings (SSSR count). The van der Waals surface area contributed by atoms with Crippen LogP contribution in [-0.2, 0) is 11.3 Å². The predicted octanol–water partition coefficient (Wildman–Crippen LogP) is 5.93. The highest BCUT2D eigenvalue weighted by atomic mass is 16.1. The van der Waals surface area contributed by atoms with Gasteiger partial charge >= 0.3 is 0 Å². The Morgan fingerprint density at radius 2 is 1.96 bits per heavy atom. The Labute approximate surface area is 155 Å². The molecule has 1 unspecified atom stereocenters. The van der Waals surface area contributed by atoms with E-state index in [4.69, 9.17) is 5.73 Å². The van der Waals surface area contributed by atoms with Gasteiger partial charge in [0.15, 0.2) is 0 Å². The number of aryl methyl sites for hydroxylation is 1. The molecule has 0 aliphatic heterocycles. The van der Waals surface area contributed by atoms with Crippen molar-refractivity contribution in [1.29, 1.82) is 0 Å². The molecule has 3 nitrogen and oxygen atoms in total. The molecule has 0 heterocycles. The summed E-state index contributed by atoms with van der Waals surface area (Å²) in [6.07, 6.45) is 6.05. The largest absolute Gasteiger partial charge is 0.674 e. The SMILES string of the molecule is CCC1C=CC(C(=O)Nc2ccc(C)c(C[NH-])c2)=C(c2ccccc2)C1. The Morgan fingerprint density at radius 3 is 2.65 bits per heavy atom. The second kappa shape index (κ2) is 8.15. The van der Waals surface area contributed by atoms with E-state index in [9.17, 15) is 4.79 Å². The van der Waals surface area contributed by atoms with Crippen molar-refractivity contribution in [2.75, 3.05) is 5.32 Å². The van der Waals surface area contributed by atoms with Gasteiger partial charge < -0.3 is 11.1 Å². The molecule has 2 aromatic carbocycles. The van der Waals surface area contributed by atoms with E-state index in [1.807, 2.05) is 49.4 Å². The number of carbonyl (C=O) groups is 1. The number of allylic oxidation sites excluding steroid dienone is 2. The van der Waals surface area contributed by atoms with Gasteiger partial charge in [-0.15, -0.1) is 6.54 Å². The van der Waals surface area contributed by atoms with E-state index in [0.717, 1.165) is 46.4 Å². The summed E-state index contributed by atoms with van der Waals surface area (Å²) in [5.74, 6) is 0.380. The number of nitrogens with one attached hydrogen (secondary N) is 2. The molecule has 0 saturated carbocycles. The van der Waals surface area contributed by atoms with Gasteiger partial charge in [0.2, 0.25) is 0 Å². The van der Waals surface area contributed by atoms with Crippen LogP contribution in [-0.4, -0.2) is 5.91 Å². The molecule has 0 spiro atoms. The minimum Gasteiger partial charge on any atom is -0.674 e. The van der Waals surface area contributed by atoms with Crippen LogP contribution in [0.15, 0.2) is 66.3 Å². The number of amides is 1. The third kappa shape index (κ3) is 3.94. The van der Waals surface area contributed by atoms with Gasteiger partial charge in [0, 0.05) is 11.3 Å². The maximum atomic E-state index is 13.0. The molecular formula is C23H25N2O-. The van der Waals surface area contributed by atoms with Crippen molar-refractivity contribution in [3.8, 4) is 0 Å². The quantitative estimate of drug-likeness (QED) is 0.718. The van der Waals surface area contributed by atoms with Gasteiger partial charge in [-0.1, -0.05) is 61.0 Å². The molecule has 2 N–H and O–H groups in total. The normalized spacial score (nSPS) is 16.7. The van der Waals surface area contributed by atoms with Gasteiger partial charge in [-0.25, -0.2) is 0 Å². The van der Waals surface area contributed by atoms with Crippen LogP contribution in [0, 0.1) is 12.8 Å². The van der Waals surface area contributed by atoms with Crippen molar-refractivity contribution in [2.45, 2.75) is 33.2 Å².